The lowest BCUT2D eigenvalue weighted by molar-refractivity contribution is -0.384. The van der Waals surface area contributed by atoms with Gasteiger partial charge in [0.1, 0.15) is 0 Å². The Balaban J connectivity index is 2.12. The van der Waals surface area contributed by atoms with Gasteiger partial charge in [0.05, 0.1) is 23.1 Å². The van der Waals surface area contributed by atoms with Gasteiger partial charge >= 0.3 is 5.97 Å². The summed E-state index contributed by atoms with van der Waals surface area (Å²) in [6.45, 7) is 0.407. The van der Waals surface area contributed by atoms with Crippen molar-refractivity contribution in [3.8, 4) is 0 Å². The molecule has 6 heteroatoms. The Morgan fingerprint density at radius 1 is 1.53 bits per heavy atom. The first-order valence-electron chi connectivity index (χ1n) is 5.12. The molecule has 1 heterocycles. The molecule has 88 valence electrons. The number of nitro groups is 1. The van der Waals surface area contributed by atoms with E-state index in [0.717, 1.165) is 0 Å². The number of ether oxygens (including phenoxy) is 1. The number of carbonyl (C=O) groups excluding carboxylic acids is 1. The van der Waals surface area contributed by atoms with Gasteiger partial charge in [-0.1, -0.05) is 6.07 Å². The molecular formula is C11H10N2O4. The fourth-order valence-electron chi connectivity index (χ4n) is 1.51. The van der Waals surface area contributed by atoms with Crippen LogP contribution in [-0.2, 0) is 9.53 Å². The maximum absolute atomic E-state index is 11.1. The molecule has 0 amide bonds. The summed E-state index contributed by atoms with van der Waals surface area (Å²) in [4.78, 5) is 25.3. The molecule has 0 radical (unpaired) electrons. The number of esters is 1. The Labute approximate surface area is 97.1 Å². The van der Waals surface area contributed by atoms with Crippen molar-refractivity contribution in [2.45, 2.75) is 6.42 Å². The largest absolute Gasteiger partial charge is 0.465 e. The molecule has 1 aromatic carbocycles. The molecule has 1 atom stereocenters. The summed E-state index contributed by atoms with van der Waals surface area (Å²) < 4.78 is 4.78. The highest BCUT2D eigenvalue weighted by atomic mass is 16.6. The molecule has 6 nitrogen and oxygen atoms in total. The van der Waals surface area contributed by atoms with Crippen LogP contribution in [0.25, 0.3) is 0 Å². The van der Waals surface area contributed by atoms with Gasteiger partial charge in [0.15, 0.2) is 0 Å². The van der Waals surface area contributed by atoms with E-state index in [2.05, 4.69) is 4.99 Å². The Morgan fingerprint density at radius 3 is 3.00 bits per heavy atom. The number of rotatable bonds is 3. The molecular weight excluding hydrogens is 224 g/mol. The van der Waals surface area contributed by atoms with E-state index in [0.29, 0.717) is 18.7 Å². The molecule has 0 aromatic heterocycles. The minimum Gasteiger partial charge on any atom is -0.465 e. The topological polar surface area (TPSA) is 81.8 Å². The van der Waals surface area contributed by atoms with Gasteiger partial charge in [-0.2, -0.15) is 0 Å². The number of aliphatic imine (C=N–C) groups is 1. The second-order valence-electron chi connectivity index (χ2n) is 3.62. The molecule has 1 aliphatic rings. The van der Waals surface area contributed by atoms with Crippen molar-refractivity contribution in [2.24, 2.45) is 10.9 Å². The molecule has 1 saturated heterocycles. The van der Waals surface area contributed by atoms with Crippen LogP contribution in [-0.4, -0.2) is 23.7 Å². The van der Waals surface area contributed by atoms with E-state index in [4.69, 9.17) is 4.74 Å². The van der Waals surface area contributed by atoms with Crippen LogP contribution in [0, 0.1) is 16.0 Å². The molecule has 1 fully saturated rings. The molecule has 0 saturated carbocycles. The third kappa shape index (κ3) is 2.66. The van der Waals surface area contributed by atoms with Gasteiger partial charge in [-0.25, -0.2) is 0 Å². The highest BCUT2D eigenvalue weighted by Gasteiger charge is 2.24. The average molecular weight is 234 g/mol. The first kappa shape index (κ1) is 11.3. The minimum absolute atomic E-state index is 0.0198. The first-order valence-corrected chi connectivity index (χ1v) is 5.12. The molecule has 0 aliphatic carbocycles. The van der Waals surface area contributed by atoms with E-state index < -0.39 is 4.92 Å². The van der Waals surface area contributed by atoms with Crippen LogP contribution in [0.15, 0.2) is 29.3 Å². The average Bonchev–Trinajstić information content (AvgIpc) is 2.72. The van der Waals surface area contributed by atoms with Gasteiger partial charge in [0.2, 0.25) is 0 Å². The van der Waals surface area contributed by atoms with E-state index in [1.807, 2.05) is 0 Å². The molecule has 2 rings (SSSR count). The van der Waals surface area contributed by atoms with Crippen molar-refractivity contribution in [3.05, 3.63) is 34.4 Å². The van der Waals surface area contributed by atoms with Crippen LogP contribution in [0.1, 0.15) is 6.42 Å². The lowest BCUT2D eigenvalue weighted by Crippen LogP contribution is -2.08. The molecule has 0 bridgehead atoms. The lowest BCUT2D eigenvalue weighted by Gasteiger charge is -1.97. The summed E-state index contributed by atoms with van der Waals surface area (Å²) in [6, 6.07) is 5.95. The van der Waals surface area contributed by atoms with Crippen LogP contribution in [0.4, 0.5) is 11.4 Å². The summed E-state index contributed by atoms with van der Waals surface area (Å²) >= 11 is 0. The van der Waals surface area contributed by atoms with E-state index >= 15 is 0 Å². The monoisotopic (exact) mass is 234 g/mol. The zero-order valence-electron chi connectivity index (χ0n) is 8.91. The van der Waals surface area contributed by atoms with Crippen molar-refractivity contribution >= 4 is 23.6 Å². The SMILES string of the molecule is O=C1OCCC1C=Nc1cccc([N+](=O)[O-])c1. The number of hydrogen-bond acceptors (Lipinski definition) is 5. The van der Waals surface area contributed by atoms with Crippen molar-refractivity contribution in [3.63, 3.8) is 0 Å². The van der Waals surface area contributed by atoms with Gasteiger partial charge in [0, 0.05) is 18.3 Å². The summed E-state index contributed by atoms with van der Waals surface area (Å²) in [6.07, 6.45) is 2.09. The highest BCUT2D eigenvalue weighted by Crippen LogP contribution is 2.20. The first-order chi connectivity index (χ1) is 8.16. The summed E-state index contributed by atoms with van der Waals surface area (Å²) in [5, 5.41) is 10.5. The summed E-state index contributed by atoms with van der Waals surface area (Å²) in [5.74, 6) is -0.631. The predicted octanol–water partition coefficient (Wildman–Crippen LogP) is 1.86. The van der Waals surface area contributed by atoms with Crippen LogP contribution in [0.2, 0.25) is 0 Å². The molecule has 1 unspecified atom stereocenters. The third-order valence-corrected chi connectivity index (χ3v) is 2.42. The lowest BCUT2D eigenvalue weighted by atomic mass is 10.1. The zero-order chi connectivity index (χ0) is 12.3. The van der Waals surface area contributed by atoms with Crippen LogP contribution < -0.4 is 0 Å². The smallest absolute Gasteiger partial charge is 0.314 e. The normalized spacial score (nSPS) is 19.5. The molecule has 1 aliphatic heterocycles. The van der Waals surface area contributed by atoms with Gasteiger partial charge in [-0.3, -0.25) is 19.9 Å². The van der Waals surface area contributed by atoms with E-state index in [9.17, 15) is 14.9 Å². The predicted molar refractivity (Wildman–Crippen MR) is 60.3 cm³/mol. The van der Waals surface area contributed by atoms with Crippen molar-refractivity contribution in [1.82, 2.24) is 0 Å². The zero-order valence-corrected chi connectivity index (χ0v) is 8.91. The maximum Gasteiger partial charge on any atom is 0.314 e. The van der Waals surface area contributed by atoms with Gasteiger partial charge in [-0.15, -0.1) is 0 Å². The number of cyclic esters (lactones) is 1. The number of carbonyl (C=O) groups is 1. The minimum atomic E-state index is -0.483. The van der Waals surface area contributed by atoms with Crippen LogP contribution in [0.3, 0.4) is 0 Å². The molecule has 0 spiro atoms. The molecule has 1 aromatic rings. The Kier molecular flexibility index (Phi) is 3.13. The van der Waals surface area contributed by atoms with Gasteiger partial charge in [0.25, 0.3) is 5.69 Å². The van der Waals surface area contributed by atoms with Gasteiger partial charge < -0.3 is 4.74 Å². The highest BCUT2D eigenvalue weighted by molar-refractivity contribution is 5.91. The van der Waals surface area contributed by atoms with Crippen molar-refractivity contribution in [1.29, 1.82) is 0 Å². The fraction of sp³-hybridized carbons (Fsp3) is 0.273. The number of nitrogens with zero attached hydrogens (tertiary/aromatic N) is 2. The summed E-state index contributed by atoms with van der Waals surface area (Å²) in [7, 11) is 0. The van der Waals surface area contributed by atoms with Crippen molar-refractivity contribution in [2.75, 3.05) is 6.61 Å². The van der Waals surface area contributed by atoms with E-state index in [-0.39, 0.29) is 17.6 Å². The second-order valence-corrected chi connectivity index (χ2v) is 3.62. The van der Waals surface area contributed by atoms with Crippen LogP contribution in [0.5, 0.6) is 0 Å². The third-order valence-electron chi connectivity index (χ3n) is 2.42. The van der Waals surface area contributed by atoms with E-state index in [1.165, 1.54) is 18.3 Å². The van der Waals surface area contributed by atoms with Crippen LogP contribution >= 0.6 is 0 Å². The quantitative estimate of drug-likeness (QED) is 0.346. The molecule has 0 N–H and O–H groups in total. The number of hydrogen-bond donors (Lipinski definition) is 0. The number of non-ortho nitro benzene ring substituents is 1. The Bertz CT molecular complexity index is 484. The summed E-state index contributed by atoms with van der Waals surface area (Å²) in [5.41, 5.74) is 0.438. The standard InChI is InChI=1S/C11H10N2O4/c14-11-8(4-5-17-11)7-12-9-2-1-3-10(6-9)13(15)16/h1-3,6-8H,4-5H2. The van der Waals surface area contributed by atoms with E-state index in [1.54, 1.807) is 12.1 Å². The Morgan fingerprint density at radius 2 is 2.35 bits per heavy atom. The van der Waals surface area contributed by atoms with Gasteiger partial charge in [-0.05, 0) is 12.5 Å². The maximum atomic E-state index is 11.1. The Hall–Kier alpha value is -2.24. The number of nitro benzene ring substituents is 1. The second kappa shape index (κ2) is 4.73. The van der Waals surface area contributed by atoms with Crippen molar-refractivity contribution < 1.29 is 14.5 Å². The number of benzene rings is 1. The molecule has 17 heavy (non-hydrogen) atoms. The fourth-order valence-corrected chi connectivity index (χ4v) is 1.51.